The van der Waals surface area contributed by atoms with Crippen molar-refractivity contribution in [3.8, 4) is 5.75 Å². The summed E-state index contributed by atoms with van der Waals surface area (Å²) < 4.78 is 18.3. The number of pyridine rings is 1. The number of halogens is 1. The summed E-state index contributed by atoms with van der Waals surface area (Å²) in [4.78, 5) is 3.59. The van der Waals surface area contributed by atoms with Crippen LogP contribution in [0, 0.1) is 5.95 Å². The van der Waals surface area contributed by atoms with E-state index in [9.17, 15) is 4.39 Å². The van der Waals surface area contributed by atoms with Crippen molar-refractivity contribution in [3.63, 3.8) is 0 Å². The minimum Gasteiger partial charge on any atom is -0.490 e. The number of ether oxygens (including phenoxy) is 1. The topological polar surface area (TPSA) is 22.1 Å². The fourth-order valence-corrected chi connectivity index (χ4v) is 1.18. The quantitative estimate of drug-likeness (QED) is 0.667. The summed E-state index contributed by atoms with van der Waals surface area (Å²) in [5, 5.41) is 0. The van der Waals surface area contributed by atoms with Crippen LogP contribution < -0.4 is 4.74 Å². The van der Waals surface area contributed by atoms with E-state index < -0.39 is 5.95 Å². The molecule has 0 atom stereocenters. The lowest BCUT2D eigenvalue weighted by molar-refractivity contribution is 0.297. The molecule has 0 unspecified atom stereocenters. The number of aryl methyl sites for hydroxylation is 1. The van der Waals surface area contributed by atoms with Crippen LogP contribution in [0.2, 0.25) is 0 Å². The normalized spacial score (nSPS) is 15.8. The van der Waals surface area contributed by atoms with Crippen molar-refractivity contribution in [1.82, 2.24) is 4.98 Å². The lowest BCUT2D eigenvalue weighted by Crippen LogP contribution is -2.00. The third-order valence-corrected chi connectivity index (χ3v) is 2.11. The van der Waals surface area contributed by atoms with Crippen LogP contribution in [0.5, 0.6) is 5.75 Å². The van der Waals surface area contributed by atoms with E-state index in [-0.39, 0.29) is 0 Å². The van der Waals surface area contributed by atoms with Gasteiger partial charge >= 0.3 is 0 Å². The monoisotopic (exact) mass is 181 g/mol. The molecule has 0 aliphatic heterocycles. The molecular formula is C10H12FNO. The van der Waals surface area contributed by atoms with Gasteiger partial charge in [-0.3, -0.25) is 0 Å². The van der Waals surface area contributed by atoms with E-state index in [1.807, 2.05) is 6.92 Å². The van der Waals surface area contributed by atoms with Gasteiger partial charge in [-0.05, 0) is 19.3 Å². The van der Waals surface area contributed by atoms with Gasteiger partial charge in [-0.15, -0.1) is 0 Å². The van der Waals surface area contributed by atoms with Crippen LogP contribution in [0.4, 0.5) is 4.39 Å². The Morgan fingerprint density at radius 3 is 3.00 bits per heavy atom. The molecule has 3 heteroatoms. The van der Waals surface area contributed by atoms with Gasteiger partial charge in [-0.25, -0.2) is 4.98 Å². The molecule has 1 fully saturated rings. The van der Waals surface area contributed by atoms with E-state index >= 15 is 0 Å². The average Bonchev–Trinajstić information content (AvgIpc) is 2.89. The molecule has 1 aliphatic rings. The largest absolute Gasteiger partial charge is 0.490 e. The van der Waals surface area contributed by atoms with Crippen LogP contribution >= 0.6 is 0 Å². The predicted molar refractivity (Wildman–Crippen MR) is 47.2 cm³/mol. The fraction of sp³-hybridized carbons (Fsp3) is 0.500. The minimum atomic E-state index is -0.465. The first-order valence-electron chi connectivity index (χ1n) is 4.60. The van der Waals surface area contributed by atoms with Crippen molar-refractivity contribution in [2.45, 2.75) is 32.3 Å². The van der Waals surface area contributed by atoms with Gasteiger partial charge in [0.15, 0.2) is 0 Å². The molecule has 0 bridgehead atoms. The Kier molecular flexibility index (Phi) is 2.17. The molecule has 1 heterocycles. The highest BCUT2D eigenvalue weighted by Gasteiger charge is 2.24. The summed E-state index contributed by atoms with van der Waals surface area (Å²) in [6.45, 7) is 2.01. The molecule has 13 heavy (non-hydrogen) atoms. The average molecular weight is 181 g/mol. The number of hydrogen-bond donors (Lipinski definition) is 0. The standard InChI is InChI=1S/C10H12FNO/c1-2-7-6-12-10(11)5-9(7)13-8-3-4-8/h5-6,8H,2-4H2,1H3. The van der Waals surface area contributed by atoms with Gasteiger partial charge in [-0.2, -0.15) is 4.39 Å². The summed E-state index contributed by atoms with van der Waals surface area (Å²) in [5.41, 5.74) is 0.980. The molecular weight excluding hydrogens is 169 g/mol. The highest BCUT2D eigenvalue weighted by Crippen LogP contribution is 2.29. The predicted octanol–water partition coefficient (Wildman–Crippen LogP) is 2.32. The van der Waals surface area contributed by atoms with Crippen molar-refractivity contribution in [2.24, 2.45) is 0 Å². The lowest BCUT2D eigenvalue weighted by atomic mass is 10.2. The second-order valence-corrected chi connectivity index (χ2v) is 3.29. The van der Waals surface area contributed by atoms with Gasteiger partial charge in [0.25, 0.3) is 0 Å². The molecule has 0 radical (unpaired) electrons. The van der Waals surface area contributed by atoms with Crippen LogP contribution in [0.25, 0.3) is 0 Å². The van der Waals surface area contributed by atoms with Crippen molar-refractivity contribution < 1.29 is 9.13 Å². The van der Waals surface area contributed by atoms with E-state index in [2.05, 4.69) is 4.98 Å². The van der Waals surface area contributed by atoms with Crippen LogP contribution in [0.1, 0.15) is 25.3 Å². The Bertz CT molecular complexity index is 310. The third-order valence-electron chi connectivity index (χ3n) is 2.11. The van der Waals surface area contributed by atoms with E-state index in [0.29, 0.717) is 11.9 Å². The zero-order chi connectivity index (χ0) is 9.26. The molecule has 0 amide bonds. The SMILES string of the molecule is CCc1cnc(F)cc1OC1CC1. The van der Waals surface area contributed by atoms with Crippen molar-refractivity contribution in [1.29, 1.82) is 0 Å². The van der Waals surface area contributed by atoms with Crippen molar-refractivity contribution in [3.05, 3.63) is 23.8 Å². The molecule has 0 saturated heterocycles. The summed E-state index contributed by atoms with van der Waals surface area (Å²) in [7, 11) is 0. The Labute approximate surface area is 76.7 Å². The maximum atomic E-state index is 12.8. The van der Waals surface area contributed by atoms with Crippen molar-refractivity contribution in [2.75, 3.05) is 0 Å². The van der Waals surface area contributed by atoms with Crippen LogP contribution in [0.15, 0.2) is 12.3 Å². The summed E-state index contributed by atoms with van der Waals surface area (Å²) in [6, 6.07) is 1.37. The molecule has 0 aromatic carbocycles. The number of hydrogen-bond acceptors (Lipinski definition) is 2. The first-order valence-corrected chi connectivity index (χ1v) is 4.60. The molecule has 1 aliphatic carbocycles. The van der Waals surface area contributed by atoms with Crippen LogP contribution in [-0.4, -0.2) is 11.1 Å². The maximum Gasteiger partial charge on any atom is 0.216 e. The highest BCUT2D eigenvalue weighted by molar-refractivity contribution is 5.31. The van der Waals surface area contributed by atoms with Gasteiger partial charge in [0, 0.05) is 17.8 Å². The molecule has 1 aromatic rings. The zero-order valence-corrected chi connectivity index (χ0v) is 7.59. The Hall–Kier alpha value is -1.12. The van der Waals surface area contributed by atoms with Gasteiger partial charge in [-0.1, -0.05) is 6.92 Å². The summed E-state index contributed by atoms with van der Waals surface area (Å²) >= 11 is 0. The van der Waals surface area contributed by atoms with Gasteiger partial charge in [0.05, 0.1) is 6.10 Å². The first-order chi connectivity index (χ1) is 6.29. The van der Waals surface area contributed by atoms with E-state index in [4.69, 9.17) is 4.74 Å². The highest BCUT2D eigenvalue weighted by atomic mass is 19.1. The lowest BCUT2D eigenvalue weighted by Gasteiger charge is -2.08. The molecule has 2 rings (SSSR count). The Balaban J connectivity index is 2.22. The Morgan fingerprint density at radius 2 is 2.38 bits per heavy atom. The van der Waals surface area contributed by atoms with Crippen LogP contribution in [-0.2, 0) is 6.42 Å². The van der Waals surface area contributed by atoms with E-state index in [1.54, 1.807) is 6.20 Å². The van der Waals surface area contributed by atoms with Gasteiger partial charge in [0.1, 0.15) is 5.75 Å². The van der Waals surface area contributed by atoms with E-state index in [0.717, 1.165) is 24.8 Å². The molecule has 2 nitrogen and oxygen atoms in total. The summed E-state index contributed by atoms with van der Waals surface area (Å²) in [5.74, 6) is 0.199. The fourth-order valence-electron chi connectivity index (χ4n) is 1.18. The molecule has 0 N–H and O–H groups in total. The van der Waals surface area contributed by atoms with Crippen LogP contribution in [0.3, 0.4) is 0 Å². The molecule has 0 spiro atoms. The number of aromatic nitrogens is 1. The minimum absolute atomic E-state index is 0.312. The smallest absolute Gasteiger partial charge is 0.216 e. The zero-order valence-electron chi connectivity index (χ0n) is 7.59. The molecule has 1 saturated carbocycles. The number of nitrogens with zero attached hydrogens (tertiary/aromatic N) is 1. The third kappa shape index (κ3) is 1.97. The van der Waals surface area contributed by atoms with Gasteiger partial charge < -0.3 is 4.74 Å². The van der Waals surface area contributed by atoms with E-state index in [1.165, 1.54) is 6.07 Å². The maximum absolute atomic E-state index is 12.8. The second-order valence-electron chi connectivity index (χ2n) is 3.29. The molecule has 70 valence electrons. The summed E-state index contributed by atoms with van der Waals surface area (Å²) in [6.07, 6.45) is 4.87. The molecule has 1 aromatic heterocycles. The van der Waals surface area contributed by atoms with Gasteiger partial charge in [0.2, 0.25) is 5.95 Å². The first kappa shape index (κ1) is 8.48. The Morgan fingerprint density at radius 1 is 1.62 bits per heavy atom. The van der Waals surface area contributed by atoms with Crippen molar-refractivity contribution >= 4 is 0 Å². The second kappa shape index (κ2) is 3.32. The number of rotatable bonds is 3.